The molecule has 0 fully saturated rings. The fourth-order valence-electron chi connectivity index (χ4n) is 5.62. The van der Waals surface area contributed by atoms with Gasteiger partial charge in [-0.15, -0.1) is 11.3 Å². The number of benzene rings is 5. The van der Waals surface area contributed by atoms with Crippen LogP contribution < -0.4 is 0 Å². The highest BCUT2D eigenvalue weighted by molar-refractivity contribution is 7.25. The number of para-hydroxylation sites is 1. The third-order valence-corrected chi connectivity index (χ3v) is 8.62. The van der Waals surface area contributed by atoms with Crippen molar-refractivity contribution in [3.8, 4) is 28.1 Å². The first-order valence-electron chi connectivity index (χ1n) is 12.8. The smallest absolute Gasteiger partial charge is 0.137 e. The first kappa shape index (κ1) is 21.4. The molecular formula is C35H22N2S. The van der Waals surface area contributed by atoms with E-state index in [0.29, 0.717) is 0 Å². The number of hydrogen-bond donors (Lipinski definition) is 0. The van der Waals surface area contributed by atoms with Crippen molar-refractivity contribution in [2.45, 2.75) is 0 Å². The van der Waals surface area contributed by atoms with E-state index in [9.17, 15) is 0 Å². The zero-order valence-electron chi connectivity index (χ0n) is 20.5. The lowest BCUT2D eigenvalue weighted by molar-refractivity contribution is 1.08. The molecule has 0 N–H and O–H groups in total. The van der Waals surface area contributed by atoms with E-state index >= 15 is 0 Å². The van der Waals surface area contributed by atoms with Crippen LogP contribution in [0.2, 0.25) is 0 Å². The maximum atomic E-state index is 4.90. The fourth-order valence-corrected chi connectivity index (χ4v) is 6.71. The minimum Gasteiger partial charge on any atom is -0.294 e. The lowest BCUT2D eigenvalue weighted by Gasteiger charge is -2.09. The highest BCUT2D eigenvalue weighted by atomic mass is 32.1. The lowest BCUT2D eigenvalue weighted by atomic mass is 10.0. The molecule has 0 spiro atoms. The van der Waals surface area contributed by atoms with Crippen molar-refractivity contribution >= 4 is 53.3 Å². The van der Waals surface area contributed by atoms with Crippen molar-refractivity contribution in [3.63, 3.8) is 0 Å². The summed E-state index contributed by atoms with van der Waals surface area (Å²) in [7, 11) is 0. The van der Waals surface area contributed by atoms with Crippen LogP contribution in [0.5, 0.6) is 0 Å². The quantitative estimate of drug-likeness (QED) is 0.235. The average Bonchev–Trinajstić information content (AvgIpc) is 3.53. The molecule has 3 heteroatoms. The van der Waals surface area contributed by atoms with Crippen LogP contribution in [0.3, 0.4) is 0 Å². The number of fused-ring (bicyclic) bond motifs is 6. The SMILES string of the molecule is c1ccc(-c2ccc(-n3c4ccccc4c4cc(-c5ccc6sc7ccccc7c6c5)ccc43)nc2)cc1. The minimum absolute atomic E-state index is 0.926. The van der Waals surface area contributed by atoms with Crippen molar-refractivity contribution in [2.75, 3.05) is 0 Å². The van der Waals surface area contributed by atoms with E-state index in [1.807, 2.05) is 23.6 Å². The molecule has 178 valence electrons. The van der Waals surface area contributed by atoms with Gasteiger partial charge in [-0.25, -0.2) is 4.98 Å². The Bertz CT molecular complexity index is 2120. The summed E-state index contributed by atoms with van der Waals surface area (Å²) >= 11 is 1.86. The minimum atomic E-state index is 0.926. The molecule has 5 aromatic carbocycles. The number of nitrogens with zero attached hydrogens (tertiary/aromatic N) is 2. The van der Waals surface area contributed by atoms with Gasteiger partial charge < -0.3 is 0 Å². The Kier molecular flexibility index (Phi) is 4.73. The second kappa shape index (κ2) is 8.41. The Hall–Kier alpha value is -4.73. The summed E-state index contributed by atoms with van der Waals surface area (Å²) in [4.78, 5) is 4.90. The molecule has 38 heavy (non-hydrogen) atoms. The Morgan fingerprint density at radius 1 is 0.447 bits per heavy atom. The van der Waals surface area contributed by atoms with Crippen molar-refractivity contribution in [2.24, 2.45) is 0 Å². The van der Waals surface area contributed by atoms with E-state index in [-0.39, 0.29) is 0 Å². The van der Waals surface area contributed by atoms with E-state index in [4.69, 9.17) is 4.98 Å². The number of rotatable bonds is 3. The van der Waals surface area contributed by atoms with E-state index < -0.39 is 0 Å². The largest absolute Gasteiger partial charge is 0.294 e. The van der Waals surface area contributed by atoms with Crippen molar-refractivity contribution in [1.29, 1.82) is 0 Å². The number of aromatic nitrogens is 2. The standard InChI is InChI=1S/C35H22N2S/c1-2-8-23(9-3-1)26-16-19-35(36-22-26)37-31-12-6-4-10-27(31)29-20-24(14-17-32(29)37)25-15-18-34-30(21-25)28-11-5-7-13-33(28)38-34/h1-22H. The molecule has 0 aliphatic heterocycles. The molecule has 8 aromatic rings. The highest BCUT2D eigenvalue weighted by Gasteiger charge is 2.14. The molecule has 8 rings (SSSR count). The highest BCUT2D eigenvalue weighted by Crippen LogP contribution is 2.38. The third kappa shape index (κ3) is 3.29. The second-order valence-corrected chi connectivity index (χ2v) is 10.7. The van der Waals surface area contributed by atoms with Gasteiger partial charge in [0.05, 0.1) is 11.0 Å². The third-order valence-electron chi connectivity index (χ3n) is 7.47. The summed E-state index contributed by atoms with van der Waals surface area (Å²) in [6, 6.07) is 45.7. The van der Waals surface area contributed by atoms with Gasteiger partial charge in [-0.3, -0.25) is 4.57 Å². The molecule has 0 radical (unpaired) electrons. The van der Waals surface area contributed by atoms with Gasteiger partial charge in [0.2, 0.25) is 0 Å². The van der Waals surface area contributed by atoms with Gasteiger partial charge in [0.25, 0.3) is 0 Å². The van der Waals surface area contributed by atoms with E-state index in [1.165, 1.54) is 53.2 Å². The molecule has 2 nitrogen and oxygen atoms in total. The van der Waals surface area contributed by atoms with Gasteiger partial charge in [0.1, 0.15) is 5.82 Å². The first-order valence-corrected chi connectivity index (χ1v) is 13.6. The predicted molar refractivity (Wildman–Crippen MR) is 162 cm³/mol. The molecule has 0 aliphatic rings. The fraction of sp³-hybridized carbons (Fsp3) is 0. The Morgan fingerprint density at radius 2 is 1.11 bits per heavy atom. The van der Waals surface area contributed by atoms with Gasteiger partial charge in [0, 0.05) is 42.7 Å². The normalized spacial score (nSPS) is 11.7. The summed E-state index contributed by atoms with van der Waals surface area (Å²) < 4.78 is 4.94. The molecule has 3 heterocycles. The van der Waals surface area contributed by atoms with Gasteiger partial charge in [0.15, 0.2) is 0 Å². The van der Waals surface area contributed by atoms with Crippen molar-refractivity contribution < 1.29 is 0 Å². The lowest BCUT2D eigenvalue weighted by Crippen LogP contribution is -1.97. The van der Waals surface area contributed by atoms with E-state index in [1.54, 1.807) is 0 Å². The maximum absolute atomic E-state index is 4.90. The topological polar surface area (TPSA) is 17.8 Å². The second-order valence-electron chi connectivity index (χ2n) is 9.66. The zero-order chi connectivity index (χ0) is 25.1. The van der Waals surface area contributed by atoms with Gasteiger partial charge >= 0.3 is 0 Å². The summed E-state index contributed by atoms with van der Waals surface area (Å²) in [5.41, 5.74) is 7.09. The van der Waals surface area contributed by atoms with E-state index in [0.717, 1.165) is 16.9 Å². The van der Waals surface area contributed by atoms with Crippen LogP contribution in [0, 0.1) is 0 Å². The summed E-state index contributed by atoms with van der Waals surface area (Å²) in [6.07, 6.45) is 1.97. The van der Waals surface area contributed by atoms with Gasteiger partial charge in [-0.1, -0.05) is 78.9 Å². The number of thiophene rings is 1. The van der Waals surface area contributed by atoms with Gasteiger partial charge in [-0.2, -0.15) is 0 Å². The molecule has 3 aromatic heterocycles. The molecule has 0 atom stereocenters. The maximum Gasteiger partial charge on any atom is 0.137 e. The van der Waals surface area contributed by atoms with Crippen LogP contribution in [-0.4, -0.2) is 9.55 Å². The summed E-state index contributed by atoms with van der Waals surface area (Å²) in [5, 5.41) is 5.13. The molecule has 0 saturated carbocycles. The Labute approximate surface area is 224 Å². The zero-order valence-corrected chi connectivity index (χ0v) is 21.3. The Balaban J connectivity index is 1.29. The molecule has 0 saturated heterocycles. The van der Waals surface area contributed by atoms with Crippen LogP contribution in [-0.2, 0) is 0 Å². The molecule has 0 aliphatic carbocycles. The first-order chi connectivity index (χ1) is 18.8. The monoisotopic (exact) mass is 502 g/mol. The van der Waals surface area contributed by atoms with Crippen molar-refractivity contribution in [1.82, 2.24) is 9.55 Å². The summed E-state index contributed by atoms with van der Waals surface area (Å²) in [5.74, 6) is 0.926. The van der Waals surface area contributed by atoms with Gasteiger partial charge in [-0.05, 0) is 65.2 Å². The molecule has 0 unspecified atom stereocenters. The average molecular weight is 503 g/mol. The number of pyridine rings is 1. The van der Waals surface area contributed by atoms with Crippen LogP contribution >= 0.6 is 11.3 Å². The van der Waals surface area contributed by atoms with Crippen LogP contribution in [0.25, 0.3) is 70.0 Å². The predicted octanol–water partition coefficient (Wildman–Crippen LogP) is 9.88. The molecule has 0 bridgehead atoms. The Morgan fingerprint density at radius 3 is 1.95 bits per heavy atom. The number of hydrogen-bond acceptors (Lipinski definition) is 2. The van der Waals surface area contributed by atoms with Crippen LogP contribution in [0.15, 0.2) is 134 Å². The van der Waals surface area contributed by atoms with Crippen LogP contribution in [0.1, 0.15) is 0 Å². The van der Waals surface area contributed by atoms with Crippen LogP contribution in [0.4, 0.5) is 0 Å². The molecular weight excluding hydrogens is 480 g/mol. The van der Waals surface area contributed by atoms with Crippen molar-refractivity contribution in [3.05, 3.63) is 134 Å². The van der Waals surface area contributed by atoms with E-state index in [2.05, 4.69) is 126 Å². The summed E-state index contributed by atoms with van der Waals surface area (Å²) in [6.45, 7) is 0. The molecule has 0 amide bonds.